The summed E-state index contributed by atoms with van der Waals surface area (Å²) >= 11 is 0. The molecule has 1 aromatic heterocycles. The highest BCUT2D eigenvalue weighted by atomic mass is 16.5. The quantitative estimate of drug-likeness (QED) is 0.912. The van der Waals surface area contributed by atoms with Gasteiger partial charge < -0.3 is 10.1 Å². The van der Waals surface area contributed by atoms with Crippen LogP contribution in [-0.4, -0.2) is 46.6 Å². The largest absolute Gasteiger partial charge is 0.378 e. The molecule has 0 atom stereocenters. The van der Waals surface area contributed by atoms with Crippen molar-refractivity contribution in [1.29, 1.82) is 0 Å². The molecule has 24 heavy (non-hydrogen) atoms. The van der Waals surface area contributed by atoms with Crippen molar-refractivity contribution >= 4 is 5.82 Å². The number of hydrogen-bond donors (Lipinski definition) is 1. The lowest BCUT2D eigenvalue weighted by Gasteiger charge is -2.41. The van der Waals surface area contributed by atoms with Crippen molar-refractivity contribution in [2.45, 2.75) is 78.0 Å². The molecular formula is C19H34N4O. The minimum atomic E-state index is -0.0736. The number of hydrogen-bond acceptors (Lipinski definition) is 5. The minimum absolute atomic E-state index is 0.0736. The Balaban J connectivity index is 2.08. The first-order chi connectivity index (χ1) is 11.1. The Kier molecular flexibility index (Phi) is 5.87. The molecule has 1 aliphatic heterocycles. The first-order valence-electron chi connectivity index (χ1n) is 8.98. The maximum atomic E-state index is 5.27. The third-order valence-electron chi connectivity index (χ3n) is 4.54. The molecule has 0 spiro atoms. The summed E-state index contributed by atoms with van der Waals surface area (Å²) in [4.78, 5) is 12.0. The number of rotatable bonds is 4. The van der Waals surface area contributed by atoms with Crippen LogP contribution in [-0.2, 0) is 16.8 Å². The number of piperidine rings is 1. The summed E-state index contributed by atoms with van der Waals surface area (Å²) in [6, 6.07) is 2.50. The molecule has 0 radical (unpaired) electrons. The Labute approximate surface area is 147 Å². The average Bonchev–Trinajstić information content (AvgIpc) is 2.46. The predicted molar refractivity (Wildman–Crippen MR) is 99.4 cm³/mol. The molecule has 2 rings (SSSR count). The summed E-state index contributed by atoms with van der Waals surface area (Å²) < 4.78 is 5.27. The van der Waals surface area contributed by atoms with E-state index in [1.807, 2.05) is 6.07 Å². The summed E-state index contributed by atoms with van der Waals surface area (Å²) in [6.07, 6.45) is 2.29. The van der Waals surface area contributed by atoms with Crippen molar-refractivity contribution in [3.8, 4) is 0 Å². The van der Waals surface area contributed by atoms with E-state index in [-0.39, 0.29) is 11.0 Å². The summed E-state index contributed by atoms with van der Waals surface area (Å²) in [5.41, 5.74) is 1.12. The van der Waals surface area contributed by atoms with Crippen LogP contribution in [0.5, 0.6) is 0 Å². The lowest BCUT2D eigenvalue weighted by Crippen LogP contribution is -2.48. The van der Waals surface area contributed by atoms with Gasteiger partial charge in [0.05, 0.1) is 12.3 Å². The Hall–Kier alpha value is -1.20. The Bertz CT molecular complexity index is 537. The number of anilines is 1. The van der Waals surface area contributed by atoms with Crippen LogP contribution in [0.4, 0.5) is 5.82 Å². The molecule has 1 aliphatic rings. The number of nitrogens with zero attached hydrogens (tertiary/aromatic N) is 3. The number of nitrogens with one attached hydrogen (secondary N) is 1. The molecule has 0 saturated carbocycles. The van der Waals surface area contributed by atoms with Gasteiger partial charge in [-0.15, -0.1) is 0 Å². The third-order valence-corrected chi connectivity index (χ3v) is 4.54. The third kappa shape index (κ3) is 5.15. The standard InChI is InChI=1S/C19H34N4O/c1-18(2,3)17-21-15(13-24-7)12-16(22-17)20-14-8-10-23(11-9-14)19(4,5)6/h12,14H,8-11,13H2,1-7H3,(H,20,21,22). The van der Waals surface area contributed by atoms with E-state index >= 15 is 0 Å². The van der Waals surface area contributed by atoms with E-state index < -0.39 is 0 Å². The molecule has 0 aromatic carbocycles. The van der Waals surface area contributed by atoms with Crippen molar-refractivity contribution in [1.82, 2.24) is 14.9 Å². The van der Waals surface area contributed by atoms with Gasteiger partial charge in [0, 0.05) is 43.3 Å². The van der Waals surface area contributed by atoms with Gasteiger partial charge in [0.1, 0.15) is 11.6 Å². The monoisotopic (exact) mass is 334 g/mol. The average molecular weight is 335 g/mol. The molecule has 2 heterocycles. The topological polar surface area (TPSA) is 50.3 Å². The fourth-order valence-electron chi connectivity index (χ4n) is 3.03. The Morgan fingerprint density at radius 2 is 1.75 bits per heavy atom. The van der Waals surface area contributed by atoms with E-state index in [1.54, 1.807) is 7.11 Å². The van der Waals surface area contributed by atoms with Gasteiger partial charge in [0.15, 0.2) is 0 Å². The second kappa shape index (κ2) is 7.36. The molecule has 0 amide bonds. The SMILES string of the molecule is COCc1cc(NC2CCN(C(C)(C)C)CC2)nc(C(C)(C)C)n1. The first kappa shape index (κ1) is 19.1. The molecular weight excluding hydrogens is 300 g/mol. The highest BCUT2D eigenvalue weighted by Crippen LogP contribution is 2.24. The molecule has 0 bridgehead atoms. The van der Waals surface area contributed by atoms with Crippen LogP contribution in [0.1, 0.15) is 65.9 Å². The number of methoxy groups -OCH3 is 1. The van der Waals surface area contributed by atoms with E-state index in [0.29, 0.717) is 12.6 Å². The fraction of sp³-hybridized carbons (Fsp3) is 0.789. The number of likely N-dealkylation sites (tertiary alicyclic amines) is 1. The van der Waals surface area contributed by atoms with Crippen LogP contribution < -0.4 is 5.32 Å². The second-order valence-electron chi connectivity index (χ2n) is 8.83. The summed E-state index contributed by atoms with van der Waals surface area (Å²) in [5.74, 6) is 1.79. The van der Waals surface area contributed by atoms with E-state index in [1.165, 1.54) is 0 Å². The highest BCUT2D eigenvalue weighted by molar-refractivity contribution is 5.38. The first-order valence-corrected chi connectivity index (χ1v) is 8.98. The van der Waals surface area contributed by atoms with Gasteiger partial charge in [-0.1, -0.05) is 20.8 Å². The van der Waals surface area contributed by atoms with Crippen LogP contribution >= 0.6 is 0 Å². The Morgan fingerprint density at radius 1 is 1.12 bits per heavy atom. The van der Waals surface area contributed by atoms with E-state index in [4.69, 9.17) is 9.72 Å². The summed E-state index contributed by atoms with van der Waals surface area (Å²) in [7, 11) is 1.70. The Morgan fingerprint density at radius 3 is 2.25 bits per heavy atom. The number of ether oxygens (including phenoxy) is 1. The lowest BCUT2D eigenvalue weighted by molar-refractivity contribution is 0.106. The van der Waals surface area contributed by atoms with E-state index in [2.05, 4.69) is 56.7 Å². The molecule has 1 aromatic rings. The van der Waals surface area contributed by atoms with Gasteiger partial charge in [0.25, 0.3) is 0 Å². The molecule has 5 nitrogen and oxygen atoms in total. The maximum absolute atomic E-state index is 5.27. The zero-order chi connectivity index (χ0) is 18.0. The molecule has 136 valence electrons. The van der Waals surface area contributed by atoms with Gasteiger partial charge in [-0.2, -0.15) is 0 Å². The van der Waals surface area contributed by atoms with Crippen molar-refractivity contribution in [3.05, 3.63) is 17.6 Å². The summed E-state index contributed by atoms with van der Waals surface area (Å²) in [5, 5.41) is 3.63. The number of aromatic nitrogens is 2. The molecule has 0 aliphatic carbocycles. The van der Waals surface area contributed by atoms with Gasteiger partial charge in [0.2, 0.25) is 0 Å². The van der Waals surface area contributed by atoms with Gasteiger partial charge >= 0.3 is 0 Å². The minimum Gasteiger partial charge on any atom is -0.378 e. The van der Waals surface area contributed by atoms with Crippen molar-refractivity contribution in [2.24, 2.45) is 0 Å². The fourth-order valence-corrected chi connectivity index (χ4v) is 3.03. The summed E-state index contributed by atoms with van der Waals surface area (Å²) in [6.45, 7) is 16.1. The van der Waals surface area contributed by atoms with Crippen molar-refractivity contribution in [3.63, 3.8) is 0 Å². The van der Waals surface area contributed by atoms with Gasteiger partial charge in [-0.05, 0) is 33.6 Å². The zero-order valence-corrected chi connectivity index (χ0v) is 16.4. The van der Waals surface area contributed by atoms with E-state index in [0.717, 1.165) is 43.3 Å². The highest BCUT2D eigenvalue weighted by Gasteiger charge is 2.27. The van der Waals surface area contributed by atoms with Crippen LogP contribution in [0.2, 0.25) is 0 Å². The van der Waals surface area contributed by atoms with E-state index in [9.17, 15) is 0 Å². The molecule has 5 heteroatoms. The lowest BCUT2D eigenvalue weighted by atomic mass is 9.95. The normalized spacial score (nSPS) is 18.0. The van der Waals surface area contributed by atoms with Crippen LogP contribution in [0.25, 0.3) is 0 Å². The van der Waals surface area contributed by atoms with Crippen LogP contribution in [0, 0.1) is 0 Å². The predicted octanol–water partition coefficient (Wildman–Crippen LogP) is 3.60. The van der Waals surface area contributed by atoms with Gasteiger partial charge in [-0.25, -0.2) is 9.97 Å². The van der Waals surface area contributed by atoms with Crippen LogP contribution in [0.3, 0.4) is 0 Å². The zero-order valence-electron chi connectivity index (χ0n) is 16.4. The molecule has 1 N–H and O–H groups in total. The van der Waals surface area contributed by atoms with Crippen molar-refractivity contribution in [2.75, 3.05) is 25.5 Å². The molecule has 1 saturated heterocycles. The van der Waals surface area contributed by atoms with Gasteiger partial charge in [-0.3, -0.25) is 4.90 Å². The maximum Gasteiger partial charge on any atom is 0.136 e. The van der Waals surface area contributed by atoms with Crippen LogP contribution in [0.15, 0.2) is 6.07 Å². The molecule has 1 fully saturated rings. The van der Waals surface area contributed by atoms with Crippen molar-refractivity contribution < 1.29 is 4.74 Å². The smallest absolute Gasteiger partial charge is 0.136 e. The molecule has 0 unspecified atom stereocenters. The second-order valence-corrected chi connectivity index (χ2v) is 8.83.